The normalized spacial score (nSPS) is 10.9. The van der Waals surface area contributed by atoms with E-state index in [9.17, 15) is 9.90 Å². The average Bonchev–Trinajstić information content (AvgIpc) is 3.37. The summed E-state index contributed by atoms with van der Waals surface area (Å²) < 4.78 is 5.58. The first-order valence-corrected chi connectivity index (χ1v) is 9.52. The molecule has 2 aromatic heterocycles. The number of nitrogens with zero attached hydrogens (tertiary/aromatic N) is 1. The molecule has 0 radical (unpaired) electrons. The van der Waals surface area contributed by atoms with Crippen LogP contribution in [0.15, 0.2) is 53.9 Å². The van der Waals surface area contributed by atoms with Gasteiger partial charge in [0.1, 0.15) is 35.0 Å². The van der Waals surface area contributed by atoms with Crippen LogP contribution in [0.3, 0.4) is 0 Å². The molecule has 0 saturated heterocycles. The van der Waals surface area contributed by atoms with E-state index >= 15 is 0 Å². The Labute approximate surface area is 164 Å². The third-order valence-corrected chi connectivity index (χ3v) is 5.04. The highest BCUT2D eigenvalue weighted by atomic mass is 32.1. The van der Waals surface area contributed by atoms with E-state index < -0.39 is 0 Å². The number of imidazole rings is 1. The summed E-state index contributed by atoms with van der Waals surface area (Å²) in [7, 11) is 0. The molecule has 142 valence electrons. The largest absolute Gasteiger partial charge is 0.506 e. The highest BCUT2D eigenvalue weighted by Gasteiger charge is 2.17. The Balaban J connectivity index is 1.46. The number of aromatic hydroxyl groups is 1. The summed E-state index contributed by atoms with van der Waals surface area (Å²) in [6.07, 6.45) is 0. The number of ether oxygens (including phenoxy) is 1. The minimum Gasteiger partial charge on any atom is -0.506 e. The summed E-state index contributed by atoms with van der Waals surface area (Å²) in [5.74, 6) is 1.07. The molecule has 0 aliphatic carbocycles. The highest BCUT2D eigenvalue weighted by molar-refractivity contribution is 7.13. The summed E-state index contributed by atoms with van der Waals surface area (Å²) in [5, 5.41) is 14.9. The number of phenols is 1. The number of thiophene rings is 1. The second kappa shape index (κ2) is 7.61. The fourth-order valence-electron chi connectivity index (χ4n) is 2.78. The number of fused-ring (bicyclic) bond motifs is 1. The van der Waals surface area contributed by atoms with Crippen LogP contribution in [0, 0.1) is 0 Å². The molecule has 8 heteroatoms. The maximum atomic E-state index is 12.6. The molecule has 28 heavy (non-hydrogen) atoms. The van der Waals surface area contributed by atoms with Gasteiger partial charge in [-0.1, -0.05) is 6.07 Å². The number of H-pyrrole nitrogens is 1. The molecular weight excluding hydrogens is 376 g/mol. The topological polar surface area (TPSA) is 113 Å². The smallest absolute Gasteiger partial charge is 0.253 e. The zero-order valence-electron chi connectivity index (χ0n) is 14.8. The number of anilines is 1. The number of aromatic nitrogens is 2. The Hall–Kier alpha value is -3.52. The van der Waals surface area contributed by atoms with Crippen molar-refractivity contribution >= 4 is 34.0 Å². The van der Waals surface area contributed by atoms with Gasteiger partial charge in [0.05, 0.1) is 17.0 Å². The predicted molar refractivity (Wildman–Crippen MR) is 110 cm³/mol. The number of hydrogen-bond donors (Lipinski definition) is 4. The number of nitrogens with two attached hydrogens (primary N) is 1. The molecule has 0 fully saturated rings. The minimum atomic E-state index is -0.282. The second-order valence-electron chi connectivity index (χ2n) is 6.09. The number of amides is 1. The van der Waals surface area contributed by atoms with Crippen LogP contribution < -0.4 is 15.8 Å². The number of aromatic amines is 1. The first kappa shape index (κ1) is 17.9. The number of nitrogens with one attached hydrogen (secondary N) is 2. The van der Waals surface area contributed by atoms with Crippen molar-refractivity contribution in [3.63, 3.8) is 0 Å². The van der Waals surface area contributed by atoms with E-state index in [1.165, 1.54) is 17.4 Å². The molecule has 0 atom stereocenters. The van der Waals surface area contributed by atoms with Crippen LogP contribution >= 0.6 is 11.3 Å². The molecule has 7 nitrogen and oxygen atoms in total. The number of carbonyl (C=O) groups excluding carboxylic acids is 1. The van der Waals surface area contributed by atoms with Gasteiger partial charge in [0, 0.05) is 5.69 Å². The minimum absolute atomic E-state index is 0.0496. The lowest BCUT2D eigenvalue weighted by atomic mass is 10.1. The van der Waals surface area contributed by atoms with E-state index in [2.05, 4.69) is 15.3 Å². The van der Waals surface area contributed by atoms with Gasteiger partial charge in [0.15, 0.2) is 0 Å². The van der Waals surface area contributed by atoms with Crippen LogP contribution in [0.1, 0.15) is 10.4 Å². The lowest BCUT2D eigenvalue weighted by Gasteiger charge is -2.08. The van der Waals surface area contributed by atoms with Crippen molar-refractivity contribution in [2.75, 3.05) is 18.9 Å². The molecule has 0 aliphatic rings. The monoisotopic (exact) mass is 394 g/mol. The molecule has 5 N–H and O–H groups in total. The van der Waals surface area contributed by atoms with Crippen molar-refractivity contribution in [2.24, 2.45) is 0 Å². The van der Waals surface area contributed by atoms with E-state index in [0.29, 0.717) is 47.0 Å². The Kier molecular flexibility index (Phi) is 4.86. The molecule has 4 aromatic rings. The zero-order chi connectivity index (χ0) is 19.5. The molecule has 0 unspecified atom stereocenters. The van der Waals surface area contributed by atoms with E-state index in [1.807, 2.05) is 17.5 Å². The standard InChI is InChI=1S/C20H18N4O3S/c21-12-3-5-13(6-4-12)27-10-9-22-20(26)14-7-8-15(25)18-17(14)23-19(24-18)16-2-1-11-28-16/h1-8,11,25H,9-10,21H2,(H,22,26)(H,23,24). The number of nitrogen functional groups attached to an aromatic ring is 1. The predicted octanol–water partition coefficient (Wildman–Crippen LogP) is 3.39. The summed E-state index contributed by atoms with van der Waals surface area (Å²) in [4.78, 5) is 21.1. The van der Waals surface area contributed by atoms with Crippen LogP contribution in [0.4, 0.5) is 5.69 Å². The summed E-state index contributed by atoms with van der Waals surface area (Å²) in [6, 6.07) is 13.9. The van der Waals surface area contributed by atoms with Crippen molar-refractivity contribution in [3.8, 4) is 22.2 Å². The van der Waals surface area contributed by atoms with Crippen LogP contribution in [0.25, 0.3) is 21.7 Å². The summed E-state index contributed by atoms with van der Waals surface area (Å²) in [6.45, 7) is 0.645. The molecule has 2 aromatic carbocycles. The third-order valence-electron chi connectivity index (χ3n) is 4.16. The van der Waals surface area contributed by atoms with Gasteiger partial charge in [0.2, 0.25) is 0 Å². The maximum absolute atomic E-state index is 12.6. The van der Waals surface area contributed by atoms with Gasteiger partial charge < -0.3 is 25.9 Å². The van der Waals surface area contributed by atoms with E-state index in [1.54, 1.807) is 30.3 Å². The Morgan fingerprint density at radius 1 is 1.21 bits per heavy atom. The van der Waals surface area contributed by atoms with Crippen LogP contribution in [-0.4, -0.2) is 34.1 Å². The van der Waals surface area contributed by atoms with Gasteiger partial charge in [-0.15, -0.1) is 11.3 Å². The van der Waals surface area contributed by atoms with Crippen molar-refractivity contribution in [1.82, 2.24) is 15.3 Å². The summed E-state index contributed by atoms with van der Waals surface area (Å²) in [5.41, 5.74) is 7.56. The molecule has 1 amide bonds. The Morgan fingerprint density at radius 3 is 2.79 bits per heavy atom. The van der Waals surface area contributed by atoms with Crippen LogP contribution in [-0.2, 0) is 0 Å². The summed E-state index contributed by atoms with van der Waals surface area (Å²) >= 11 is 1.53. The number of hydrogen-bond acceptors (Lipinski definition) is 6. The third kappa shape index (κ3) is 3.63. The number of carbonyl (C=O) groups is 1. The molecule has 4 rings (SSSR count). The van der Waals surface area contributed by atoms with E-state index in [4.69, 9.17) is 10.5 Å². The lowest BCUT2D eigenvalue weighted by molar-refractivity contribution is 0.0948. The fraction of sp³-hybridized carbons (Fsp3) is 0.100. The van der Waals surface area contributed by atoms with Gasteiger partial charge in [0.25, 0.3) is 5.91 Å². The number of rotatable bonds is 6. The van der Waals surface area contributed by atoms with Crippen LogP contribution in [0.2, 0.25) is 0 Å². The quantitative estimate of drug-likeness (QED) is 0.296. The van der Waals surface area contributed by atoms with Crippen molar-refractivity contribution < 1.29 is 14.6 Å². The first-order valence-electron chi connectivity index (χ1n) is 8.64. The Bertz CT molecular complexity index is 1100. The molecular formula is C20H18N4O3S. The molecule has 0 bridgehead atoms. The SMILES string of the molecule is Nc1ccc(OCCNC(=O)c2ccc(O)c3[nH]c(-c4cccs4)nc23)cc1. The second-order valence-corrected chi connectivity index (χ2v) is 7.04. The first-order chi connectivity index (χ1) is 13.6. The van der Waals surface area contributed by atoms with Gasteiger partial charge in [-0.25, -0.2) is 4.98 Å². The van der Waals surface area contributed by atoms with Gasteiger partial charge >= 0.3 is 0 Å². The molecule has 0 spiro atoms. The van der Waals surface area contributed by atoms with Gasteiger partial charge in [-0.3, -0.25) is 4.79 Å². The number of phenolic OH excluding ortho intramolecular Hbond substituents is 1. The fourth-order valence-corrected chi connectivity index (χ4v) is 3.45. The van der Waals surface area contributed by atoms with E-state index in [0.717, 1.165) is 4.88 Å². The number of benzene rings is 2. The van der Waals surface area contributed by atoms with Crippen molar-refractivity contribution in [3.05, 3.63) is 59.5 Å². The van der Waals surface area contributed by atoms with E-state index in [-0.39, 0.29) is 11.7 Å². The van der Waals surface area contributed by atoms with Crippen LogP contribution in [0.5, 0.6) is 11.5 Å². The average molecular weight is 394 g/mol. The molecule has 0 saturated carbocycles. The Morgan fingerprint density at radius 2 is 2.04 bits per heavy atom. The molecule has 0 aliphatic heterocycles. The maximum Gasteiger partial charge on any atom is 0.253 e. The molecule has 2 heterocycles. The van der Waals surface area contributed by atoms with Gasteiger partial charge in [-0.2, -0.15) is 0 Å². The van der Waals surface area contributed by atoms with Crippen molar-refractivity contribution in [2.45, 2.75) is 0 Å². The highest BCUT2D eigenvalue weighted by Crippen LogP contribution is 2.30. The van der Waals surface area contributed by atoms with Gasteiger partial charge in [-0.05, 0) is 47.8 Å². The lowest BCUT2D eigenvalue weighted by Crippen LogP contribution is -2.28. The zero-order valence-corrected chi connectivity index (χ0v) is 15.6. The van der Waals surface area contributed by atoms with Crippen molar-refractivity contribution in [1.29, 1.82) is 0 Å².